The van der Waals surface area contributed by atoms with E-state index < -0.39 is 0 Å². The SMILES string of the molecule is Bc1ccc2c(c1)[C@]1(CC2)CC(=O)NC(NC)=N1. The molecule has 2 aliphatic rings. The highest BCUT2D eigenvalue weighted by Crippen LogP contribution is 2.43. The number of carbonyl (C=O) groups excluding carboxylic acids is 1. The van der Waals surface area contributed by atoms with Crippen LogP contribution in [0.4, 0.5) is 0 Å². The second kappa shape index (κ2) is 3.87. The average Bonchev–Trinajstić information content (AvgIpc) is 2.67. The normalized spacial score (nSPS) is 25.6. The van der Waals surface area contributed by atoms with Crippen LogP contribution >= 0.6 is 0 Å². The Morgan fingerprint density at radius 2 is 2.33 bits per heavy atom. The molecule has 0 aromatic heterocycles. The van der Waals surface area contributed by atoms with Crippen LogP contribution in [0.5, 0.6) is 0 Å². The Morgan fingerprint density at radius 3 is 3.11 bits per heavy atom. The van der Waals surface area contributed by atoms with Crippen LogP contribution in [-0.2, 0) is 16.8 Å². The molecule has 92 valence electrons. The number of nitrogens with one attached hydrogen (secondary N) is 2. The lowest BCUT2D eigenvalue weighted by Gasteiger charge is -2.31. The largest absolute Gasteiger partial charge is 0.359 e. The summed E-state index contributed by atoms with van der Waals surface area (Å²) in [4.78, 5) is 16.6. The Balaban J connectivity index is 2.13. The van der Waals surface area contributed by atoms with Crippen molar-refractivity contribution in [1.82, 2.24) is 10.6 Å². The lowest BCUT2D eigenvalue weighted by molar-refractivity contribution is -0.121. The van der Waals surface area contributed by atoms with Gasteiger partial charge in [0, 0.05) is 7.05 Å². The predicted octanol–water partition coefficient (Wildman–Crippen LogP) is -0.818. The molecule has 0 fully saturated rings. The highest BCUT2D eigenvalue weighted by Gasteiger charge is 2.43. The van der Waals surface area contributed by atoms with Crippen molar-refractivity contribution in [1.29, 1.82) is 0 Å². The highest BCUT2D eigenvalue weighted by molar-refractivity contribution is 6.32. The Hall–Kier alpha value is -1.78. The summed E-state index contributed by atoms with van der Waals surface area (Å²) in [5, 5.41) is 5.71. The van der Waals surface area contributed by atoms with Gasteiger partial charge in [-0.1, -0.05) is 23.7 Å². The number of hydrogen-bond donors (Lipinski definition) is 2. The molecule has 1 heterocycles. The van der Waals surface area contributed by atoms with Gasteiger partial charge in [-0.2, -0.15) is 0 Å². The summed E-state index contributed by atoms with van der Waals surface area (Å²) in [5.74, 6) is 0.629. The van der Waals surface area contributed by atoms with Gasteiger partial charge in [0.2, 0.25) is 5.91 Å². The molecular weight excluding hydrogens is 225 g/mol. The van der Waals surface area contributed by atoms with Gasteiger partial charge in [0.1, 0.15) is 7.85 Å². The molecule has 4 nitrogen and oxygen atoms in total. The molecule has 1 aromatic rings. The number of rotatable bonds is 0. The fraction of sp³-hybridized carbons (Fsp3) is 0.385. The summed E-state index contributed by atoms with van der Waals surface area (Å²) in [7, 11) is 3.86. The molecule has 5 heteroatoms. The van der Waals surface area contributed by atoms with Crippen molar-refractivity contribution in [3.8, 4) is 0 Å². The number of benzene rings is 1. The van der Waals surface area contributed by atoms with Gasteiger partial charge in [-0.15, -0.1) is 0 Å². The molecule has 0 unspecified atom stereocenters. The molecule has 2 N–H and O–H groups in total. The first-order chi connectivity index (χ1) is 8.63. The fourth-order valence-corrected chi connectivity index (χ4v) is 2.96. The smallest absolute Gasteiger partial charge is 0.229 e. The minimum Gasteiger partial charge on any atom is -0.359 e. The van der Waals surface area contributed by atoms with Crippen LogP contribution in [0, 0.1) is 0 Å². The lowest BCUT2D eigenvalue weighted by atomic mass is 9.84. The fourth-order valence-electron chi connectivity index (χ4n) is 2.96. The van der Waals surface area contributed by atoms with E-state index in [1.54, 1.807) is 7.05 Å². The first kappa shape index (κ1) is 11.3. The summed E-state index contributed by atoms with van der Waals surface area (Å²) < 4.78 is 0. The number of guanidine groups is 1. The molecule has 18 heavy (non-hydrogen) atoms. The van der Waals surface area contributed by atoms with Crippen molar-refractivity contribution < 1.29 is 4.79 Å². The van der Waals surface area contributed by atoms with Crippen LogP contribution in [0.2, 0.25) is 0 Å². The van der Waals surface area contributed by atoms with Crippen molar-refractivity contribution in [2.24, 2.45) is 4.99 Å². The van der Waals surface area contributed by atoms with E-state index in [1.807, 2.05) is 0 Å². The molecule has 0 radical (unpaired) electrons. The topological polar surface area (TPSA) is 53.5 Å². The monoisotopic (exact) mass is 241 g/mol. The zero-order chi connectivity index (χ0) is 12.8. The second-order valence-electron chi connectivity index (χ2n) is 5.13. The Bertz CT molecular complexity index is 555. The average molecular weight is 241 g/mol. The third kappa shape index (κ3) is 1.62. The maximum Gasteiger partial charge on any atom is 0.229 e. The van der Waals surface area contributed by atoms with E-state index in [1.165, 1.54) is 16.6 Å². The minimum absolute atomic E-state index is 0.0451. The summed E-state index contributed by atoms with van der Waals surface area (Å²) in [6, 6.07) is 6.47. The molecule has 1 aromatic carbocycles. The number of hydrogen-bond acceptors (Lipinski definition) is 3. The van der Waals surface area contributed by atoms with Crippen molar-refractivity contribution in [2.45, 2.75) is 24.8 Å². The number of amides is 1. The van der Waals surface area contributed by atoms with Crippen LogP contribution in [0.25, 0.3) is 0 Å². The van der Waals surface area contributed by atoms with E-state index in [4.69, 9.17) is 4.99 Å². The van der Waals surface area contributed by atoms with Crippen molar-refractivity contribution in [3.05, 3.63) is 29.3 Å². The van der Waals surface area contributed by atoms with E-state index in [-0.39, 0.29) is 11.4 Å². The van der Waals surface area contributed by atoms with Crippen molar-refractivity contribution in [2.75, 3.05) is 7.05 Å². The van der Waals surface area contributed by atoms with E-state index in [0.29, 0.717) is 12.4 Å². The minimum atomic E-state index is -0.345. The third-order valence-corrected chi connectivity index (χ3v) is 3.85. The van der Waals surface area contributed by atoms with Gasteiger partial charge in [0.05, 0.1) is 12.0 Å². The van der Waals surface area contributed by atoms with Crippen LogP contribution in [0.1, 0.15) is 24.0 Å². The molecular formula is C13H16BN3O. The molecule has 0 saturated carbocycles. The number of carbonyl (C=O) groups is 1. The number of aryl methyl sites for hydroxylation is 1. The summed E-state index contributed by atoms with van der Waals surface area (Å²) >= 11 is 0. The standard InChI is InChI=1S/C13H16BN3O/c1-15-12-16-11(18)7-13(17-12)5-4-8-2-3-9(14)6-10(8)13/h2-3,6H,4-5,7,14H2,1H3,(H2,15,16,17,18)/t13-/m0/s1. The maximum absolute atomic E-state index is 11.9. The Morgan fingerprint density at radius 1 is 1.50 bits per heavy atom. The molecule has 1 aliphatic carbocycles. The van der Waals surface area contributed by atoms with E-state index in [9.17, 15) is 4.79 Å². The number of nitrogens with zero attached hydrogens (tertiary/aromatic N) is 1. The highest BCUT2D eigenvalue weighted by atomic mass is 16.2. The third-order valence-electron chi connectivity index (χ3n) is 3.85. The van der Waals surface area contributed by atoms with Gasteiger partial charge >= 0.3 is 0 Å². The Kier molecular flexibility index (Phi) is 2.43. The van der Waals surface area contributed by atoms with Crippen LogP contribution in [-0.4, -0.2) is 26.8 Å². The Labute approximate surface area is 107 Å². The summed E-state index contributed by atoms with van der Waals surface area (Å²) in [5.41, 5.74) is 3.43. The van der Waals surface area contributed by atoms with Crippen molar-refractivity contribution in [3.63, 3.8) is 0 Å². The van der Waals surface area contributed by atoms with Gasteiger partial charge in [-0.05, 0) is 24.0 Å². The maximum atomic E-state index is 11.9. The van der Waals surface area contributed by atoms with E-state index >= 15 is 0 Å². The van der Waals surface area contributed by atoms with Crippen LogP contribution < -0.4 is 16.1 Å². The number of fused-ring (bicyclic) bond motifs is 2. The van der Waals surface area contributed by atoms with Crippen LogP contribution in [0.3, 0.4) is 0 Å². The van der Waals surface area contributed by atoms with Gasteiger partial charge in [-0.3, -0.25) is 10.1 Å². The van der Waals surface area contributed by atoms with E-state index in [0.717, 1.165) is 12.8 Å². The van der Waals surface area contributed by atoms with Gasteiger partial charge < -0.3 is 5.32 Å². The molecule has 1 amide bonds. The zero-order valence-corrected chi connectivity index (χ0v) is 10.7. The first-order valence-corrected chi connectivity index (χ1v) is 6.30. The number of aliphatic imine (C=N–C) groups is 1. The van der Waals surface area contributed by atoms with E-state index in [2.05, 4.69) is 36.7 Å². The molecule has 1 atom stereocenters. The molecule has 1 aliphatic heterocycles. The summed E-state index contributed by atoms with van der Waals surface area (Å²) in [6.07, 6.45) is 2.38. The lowest BCUT2D eigenvalue weighted by Crippen LogP contribution is -2.48. The second-order valence-corrected chi connectivity index (χ2v) is 5.13. The zero-order valence-electron chi connectivity index (χ0n) is 10.7. The van der Waals surface area contributed by atoms with Gasteiger partial charge in [0.25, 0.3) is 0 Å². The van der Waals surface area contributed by atoms with Gasteiger partial charge in [-0.25, -0.2) is 4.99 Å². The van der Waals surface area contributed by atoms with Crippen molar-refractivity contribution >= 4 is 25.2 Å². The molecule has 3 rings (SSSR count). The van der Waals surface area contributed by atoms with Gasteiger partial charge in [0.15, 0.2) is 5.96 Å². The first-order valence-electron chi connectivity index (χ1n) is 6.30. The quantitative estimate of drug-likeness (QED) is 0.583. The summed E-state index contributed by atoms with van der Waals surface area (Å²) in [6.45, 7) is 0. The molecule has 0 saturated heterocycles. The predicted molar refractivity (Wildman–Crippen MR) is 73.9 cm³/mol. The van der Waals surface area contributed by atoms with Crippen LogP contribution in [0.15, 0.2) is 23.2 Å². The molecule has 1 spiro atoms. The molecule has 0 bridgehead atoms.